The van der Waals surface area contributed by atoms with Crippen molar-refractivity contribution >= 4 is 33.0 Å². The number of benzene rings is 2. The van der Waals surface area contributed by atoms with Crippen LogP contribution in [-0.2, 0) is 21.1 Å². The molecule has 0 bridgehead atoms. The van der Waals surface area contributed by atoms with Gasteiger partial charge in [-0.2, -0.15) is 0 Å². The minimum Gasteiger partial charge on any atom is -0.306 e. The summed E-state index contributed by atoms with van der Waals surface area (Å²) in [6.45, 7) is 0.682. The van der Waals surface area contributed by atoms with E-state index in [4.69, 9.17) is 11.6 Å². The van der Waals surface area contributed by atoms with E-state index in [1.54, 1.807) is 41.3 Å². The molecular formula is C20H20ClFN2O3S. The first-order valence-corrected chi connectivity index (χ1v) is 11.3. The van der Waals surface area contributed by atoms with E-state index in [-0.39, 0.29) is 35.8 Å². The lowest BCUT2D eigenvalue weighted by atomic mass is 10.0. The molecule has 2 aliphatic heterocycles. The lowest BCUT2D eigenvalue weighted by molar-refractivity contribution is -0.123. The van der Waals surface area contributed by atoms with Crippen molar-refractivity contribution in [2.24, 2.45) is 0 Å². The number of carbonyl (C=O) groups is 1. The van der Waals surface area contributed by atoms with Crippen molar-refractivity contribution in [3.8, 4) is 0 Å². The molecule has 0 aliphatic carbocycles. The van der Waals surface area contributed by atoms with E-state index < -0.39 is 15.9 Å². The van der Waals surface area contributed by atoms with Gasteiger partial charge in [-0.25, -0.2) is 12.8 Å². The summed E-state index contributed by atoms with van der Waals surface area (Å²) in [4.78, 5) is 16.5. The zero-order chi connectivity index (χ0) is 19.9. The van der Waals surface area contributed by atoms with Crippen LogP contribution < -0.4 is 4.90 Å². The van der Waals surface area contributed by atoms with Crippen molar-refractivity contribution in [1.82, 2.24) is 4.90 Å². The molecule has 2 aliphatic rings. The van der Waals surface area contributed by atoms with E-state index in [2.05, 4.69) is 0 Å². The zero-order valence-electron chi connectivity index (χ0n) is 15.1. The van der Waals surface area contributed by atoms with Crippen molar-refractivity contribution in [2.75, 3.05) is 29.5 Å². The number of hydrogen-bond donors (Lipinski definition) is 0. The van der Waals surface area contributed by atoms with Crippen molar-refractivity contribution < 1.29 is 17.6 Å². The predicted molar refractivity (Wildman–Crippen MR) is 107 cm³/mol. The molecule has 0 radical (unpaired) electrons. The van der Waals surface area contributed by atoms with Gasteiger partial charge in [0.2, 0.25) is 5.91 Å². The van der Waals surface area contributed by atoms with Gasteiger partial charge in [0, 0.05) is 23.3 Å². The Morgan fingerprint density at radius 2 is 1.79 bits per heavy atom. The molecule has 1 amide bonds. The molecule has 4 rings (SSSR count). The summed E-state index contributed by atoms with van der Waals surface area (Å²) in [5.74, 6) is -0.454. The van der Waals surface area contributed by atoms with E-state index in [0.717, 1.165) is 5.56 Å². The van der Waals surface area contributed by atoms with Gasteiger partial charge in [0.15, 0.2) is 9.84 Å². The number of anilines is 1. The van der Waals surface area contributed by atoms with Crippen LogP contribution in [-0.4, -0.2) is 55.9 Å². The lowest BCUT2D eigenvalue weighted by Gasteiger charge is -2.43. The molecule has 5 nitrogen and oxygen atoms in total. The van der Waals surface area contributed by atoms with Gasteiger partial charge in [-0.05, 0) is 42.3 Å². The van der Waals surface area contributed by atoms with Gasteiger partial charge in [0.05, 0.1) is 24.1 Å². The Kier molecular flexibility index (Phi) is 5.16. The molecule has 2 aromatic rings. The van der Waals surface area contributed by atoms with E-state index in [1.165, 1.54) is 12.1 Å². The van der Waals surface area contributed by atoms with Crippen molar-refractivity contribution in [3.63, 3.8) is 0 Å². The highest BCUT2D eigenvalue weighted by molar-refractivity contribution is 7.91. The highest BCUT2D eigenvalue weighted by atomic mass is 35.5. The first-order valence-electron chi connectivity index (χ1n) is 9.09. The summed E-state index contributed by atoms with van der Waals surface area (Å²) in [6.07, 6.45) is 0.619. The first kappa shape index (κ1) is 19.4. The fourth-order valence-corrected chi connectivity index (χ4v) is 6.25. The molecule has 0 N–H and O–H groups in total. The Hall–Kier alpha value is -1.96. The minimum atomic E-state index is -3.24. The molecule has 0 saturated carbocycles. The number of piperazine rings is 1. The third-order valence-electron chi connectivity index (χ3n) is 5.39. The maximum absolute atomic E-state index is 13.1. The second-order valence-electron chi connectivity index (χ2n) is 7.30. The summed E-state index contributed by atoms with van der Waals surface area (Å²) >= 11 is 6.07. The Bertz CT molecular complexity index is 997. The molecule has 2 fully saturated rings. The number of rotatable bonds is 4. The minimum absolute atomic E-state index is 0.0332. The van der Waals surface area contributed by atoms with Gasteiger partial charge >= 0.3 is 0 Å². The number of halogens is 2. The van der Waals surface area contributed by atoms with Crippen LogP contribution in [0.3, 0.4) is 0 Å². The summed E-state index contributed by atoms with van der Waals surface area (Å²) in [5.41, 5.74) is 1.58. The van der Waals surface area contributed by atoms with E-state index >= 15 is 0 Å². The SMILES string of the molecule is O=C1CN(CCc2ccc(F)cc2)C2CS(=O)(=O)CC2N1c1cccc(Cl)c1. The van der Waals surface area contributed by atoms with Crippen LogP contribution in [0.15, 0.2) is 48.5 Å². The third kappa shape index (κ3) is 3.92. The van der Waals surface area contributed by atoms with E-state index in [0.29, 0.717) is 23.7 Å². The fraction of sp³-hybridized carbons (Fsp3) is 0.350. The van der Waals surface area contributed by atoms with Gasteiger partial charge < -0.3 is 4.90 Å². The Labute approximate surface area is 168 Å². The molecular weight excluding hydrogens is 403 g/mol. The van der Waals surface area contributed by atoms with E-state index in [9.17, 15) is 17.6 Å². The number of hydrogen-bond acceptors (Lipinski definition) is 4. The average Bonchev–Trinajstić information content (AvgIpc) is 2.96. The zero-order valence-corrected chi connectivity index (χ0v) is 16.7. The standard InChI is InChI=1S/C20H20ClFN2O3S/c21-15-2-1-3-17(10-15)24-19-13-28(26,27)12-18(19)23(11-20(24)25)9-8-14-4-6-16(22)7-5-14/h1-7,10,18-19H,8-9,11-13H2. The maximum Gasteiger partial charge on any atom is 0.241 e. The van der Waals surface area contributed by atoms with E-state index in [1.807, 2.05) is 4.90 Å². The Morgan fingerprint density at radius 3 is 2.50 bits per heavy atom. The quantitative estimate of drug-likeness (QED) is 0.759. The Balaban J connectivity index is 1.58. The summed E-state index contributed by atoms with van der Waals surface area (Å²) in [6, 6.07) is 12.5. The smallest absolute Gasteiger partial charge is 0.241 e. The van der Waals surface area contributed by atoms with Crippen molar-refractivity contribution in [3.05, 3.63) is 64.9 Å². The van der Waals surface area contributed by atoms with Crippen LogP contribution in [0.1, 0.15) is 5.56 Å². The van der Waals surface area contributed by atoms with Gasteiger partial charge in [-0.1, -0.05) is 29.8 Å². The van der Waals surface area contributed by atoms with Crippen LogP contribution >= 0.6 is 11.6 Å². The Morgan fingerprint density at radius 1 is 1.07 bits per heavy atom. The number of sulfone groups is 1. The largest absolute Gasteiger partial charge is 0.306 e. The summed E-state index contributed by atoms with van der Waals surface area (Å²) < 4.78 is 37.8. The second-order valence-corrected chi connectivity index (χ2v) is 9.89. The topological polar surface area (TPSA) is 57.7 Å². The molecule has 0 spiro atoms. The molecule has 28 heavy (non-hydrogen) atoms. The third-order valence-corrected chi connectivity index (χ3v) is 7.32. The highest BCUT2D eigenvalue weighted by Crippen LogP contribution is 2.32. The molecule has 2 unspecified atom stereocenters. The van der Waals surface area contributed by atoms with Crippen LogP contribution in [0.4, 0.5) is 10.1 Å². The number of nitrogens with zero attached hydrogens (tertiary/aromatic N) is 2. The molecule has 8 heteroatoms. The van der Waals surface area contributed by atoms with Gasteiger partial charge in [-0.15, -0.1) is 0 Å². The summed E-state index contributed by atoms with van der Waals surface area (Å²) in [5, 5.41) is 0.501. The number of fused-ring (bicyclic) bond motifs is 1. The average molecular weight is 423 g/mol. The molecule has 2 saturated heterocycles. The van der Waals surface area contributed by atoms with Crippen LogP contribution in [0, 0.1) is 5.82 Å². The van der Waals surface area contributed by atoms with Gasteiger partial charge in [-0.3, -0.25) is 9.69 Å². The summed E-state index contributed by atoms with van der Waals surface area (Å²) in [7, 11) is -3.24. The molecule has 0 aromatic heterocycles. The fourth-order valence-electron chi connectivity index (χ4n) is 4.09. The van der Waals surface area contributed by atoms with Crippen molar-refractivity contribution in [1.29, 1.82) is 0 Å². The van der Waals surface area contributed by atoms with Crippen molar-refractivity contribution in [2.45, 2.75) is 18.5 Å². The molecule has 2 atom stereocenters. The molecule has 2 heterocycles. The number of carbonyl (C=O) groups excluding carboxylic acids is 1. The molecule has 2 aromatic carbocycles. The normalized spacial score (nSPS) is 24.4. The van der Waals surface area contributed by atoms with Crippen LogP contribution in [0.25, 0.3) is 0 Å². The molecule has 148 valence electrons. The monoisotopic (exact) mass is 422 g/mol. The van der Waals surface area contributed by atoms with Gasteiger partial charge in [0.25, 0.3) is 0 Å². The second kappa shape index (κ2) is 7.46. The highest BCUT2D eigenvalue weighted by Gasteiger charge is 2.49. The first-order chi connectivity index (χ1) is 13.3. The van der Waals surface area contributed by atoms with Crippen LogP contribution in [0.5, 0.6) is 0 Å². The number of amides is 1. The van der Waals surface area contributed by atoms with Crippen LogP contribution in [0.2, 0.25) is 5.02 Å². The lowest BCUT2D eigenvalue weighted by Crippen LogP contribution is -2.62. The van der Waals surface area contributed by atoms with Gasteiger partial charge in [0.1, 0.15) is 5.82 Å². The predicted octanol–water partition coefficient (Wildman–Crippen LogP) is 2.54. The maximum atomic E-state index is 13.1.